The highest BCUT2D eigenvalue weighted by Gasteiger charge is 2.16. The van der Waals surface area contributed by atoms with Crippen molar-refractivity contribution in [2.75, 3.05) is 6.54 Å². The van der Waals surface area contributed by atoms with Gasteiger partial charge < -0.3 is 9.47 Å². The maximum Gasteiger partial charge on any atom is 0.422 e. The lowest BCUT2D eigenvalue weighted by Gasteiger charge is -2.21. The van der Waals surface area contributed by atoms with Crippen molar-refractivity contribution >= 4 is 6.09 Å². The molecule has 128 valence electrons. The van der Waals surface area contributed by atoms with Crippen molar-refractivity contribution in [1.82, 2.24) is 10.9 Å². The van der Waals surface area contributed by atoms with Crippen molar-refractivity contribution in [2.24, 2.45) is 0 Å². The van der Waals surface area contributed by atoms with Gasteiger partial charge in [0.1, 0.15) is 5.60 Å². The largest absolute Gasteiger partial charge is 0.443 e. The number of hydrogen-bond donors (Lipinski definition) is 2. The summed E-state index contributed by atoms with van der Waals surface area (Å²) in [7, 11) is 0. The van der Waals surface area contributed by atoms with Crippen LogP contribution in [-0.2, 0) is 16.1 Å². The second-order valence-corrected chi connectivity index (χ2v) is 6.29. The van der Waals surface area contributed by atoms with Crippen molar-refractivity contribution in [3.05, 3.63) is 48.6 Å². The van der Waals surface area contributed by atoms with Crippen molar-refractivity contribution in [1.29, 1.82) is 0 Å². The van der Waals surface area contributed by atoms with Gasteiger partial charge in [-0.15, -0.1) is 6.58 Å². The Bertz CT molecular complexity index is 469. The molecule has 1 rings (SSSR count). The molecule has 1 atom stereocenters. The molecule has 0 aliphatic heterocycles. The minimum atomic E-state index is -0.516. The van der Waals surface area contributed by atoms with E-state index in [0.717, 1.165) is 18.4 Å². The molecule has 2 N–H and O–H groups in total. The van der Waals surface area contributed by atoms with Crippen molar-refractivity contribution < 1.29 is 14.3 Å². The zero-order valence-electron chi connectivity index (χ0n) is 14.3. The summed E-state index contributed by atoms with van der Waals surface area (Å²) in [5.74, 6) is 0. The topological polar surface area (TPSA) is 59.6 Å². The molecule has 0 radical (unpaired) electrons. The van der Waals surface area contributed by atoms with Gasteiger partial charge in [0.25, 0.3) is 0 Å². The normalized spacial score (nSPS) is 12.5. The van der Waals surface area contributed by atoms with E-state index in [1.54, 1.807) is 0 Å². The Kier molecular flexibility index (Phi) is 8.37. The van der Waals surface area contributed by atoms with Crippen LogP contribution in [0.2, 0.25) is 0 Å². The molecule has 0 bridgehead atoms. The van der Waals surface area contributed by atoms with E-state index in [1.165, 1.54) is 0 Å². The number of carbonyl (C=O) groups is 1. The molecule has 23 heavy (non-hydrogen) atoms. The number of amides is 1. The quantitative estimate of drug-likeness (QED) is 0.539. The smallest absolute Gasteiger partial charge is 0.422 e. The first kappa shape index (κ1) is 19.2. The molecule has 1 unspecified atom stereocenters. The summed E-state index contributed by atoms with van der Waals surface area (Å²) in [4.78, 5) is 11.6. The van der Waals surface area contributed by atoms with Crippen LogP contribution in [0.1, 0.15) is 39.2 Å². The Hall–Kier alpha value is -1.85. The van der Waals surface area contributed by atoms with Gasteiger partial charge in [0.2, 0.25) is 0 Å². The molecule has 0 saturated carbocycles. The van der Waals surface area contributed by atoms with Crippen LogP contribution in [0.5, 0.6) is 0 Å². The number of allylic oxidation sites excluding steroid dienone is 1. The molecule has 0 heterocycles. The maximum absolute atomic E-state index is 11.6. The van der Waals surface area contributed by atoms with Crippen molar-refractivity contribution in [3.8, 4) is 0 Å². The van der Waals surface area contributed by atoms with Crippen molar-refractivity contribution in [2.45, 2.75) is 51.9 Å². The molecule has 0 aliphatic carbocycles. The summed E-state index contributed by atoms with van der Waals surface area (Å²) in [5, 5.41) is 0. The third-order valence-electron chi connectivity index (χ3n) is 2.94. The van der Waals surface area contributed by atoms with E-state index in [1.807, 2.05) is 57.2 Å². The lowest BCUT2D eigenvalue weighted by Crippen LogP contribution is -2.44. The van der Waals surface area contributed by atoms with Crippen molar-refractivity contribution in [3.63, 3.8) is 0 Å². The molecule has 5 nitrogen and oxygen atoms in total. The number of benzene rings is 1. The third-order valence-corrected chi connectivity index (χ3v) is 2.94. The summed E-state index contributed by atoms with van der Waals surface area (Å²) in [6, 6.07) is 10.00. The first-order valence-electron chi connectivity index (χ1n) is 7.89. The predicted octanol–water partition coefficient (Wildman–Crippen LogP) is 3.57. The summed E-state index contributed by atoms with van der Waals surface area (Å²) < 4.78 is 11.1. The van der Waals surface area contributed by atoms with Crippen LogP contribution in [-0.4, -0.2) is 24.3 Å². The molecule has 0 saturated heterocycles. The average molecular weight is 320 g/mol. The predicted molar refractivity (Wildman–Crippen MR) is 91.8 cm³/mol. The first-order valence-corrected chi connectivity index (χ1v) is 7.89. The van der Waals surface area contributed by atoms with E-state index in [-0.39, 0.29) is 6.10 Å². The van der Waals surface area contributed by atoms with Crippen LogP contribution in [0, 0.1) is 0 Å². The van der Waals surface area contributed by atoms with Crippen LogP contribution in [0.4, 0.5) is 4.79 Å². The molecule has 1 amide bonds. The van der Waals surface area contributed by atoms with E-state index < -0.39 is 11.7 Å². The van der Waals surface area contributed by atoms with Gasteiger partial charge in [-0.25, -0.2) is 10.2 Å². The van der Waals surface area contributed by atoms with E-state index >= 15 is 0 Å². The van der Waals surface area contributed by atoms with Crippen LogP contribution < -0.4 is 10.9 Å². The third kappa shape index (κ3) is 9.71. The van der Waals surface area contributed by atoms with E-state index in [4.69, 9.17) is 9.47 Å². The fourth-order valence-corrected chi connectivity index (χ4v) is 1.88. The Labute approximate surface area is 139 Å². The zero-order valence-corrected chi connectivity index (χ0v) is 14.3. The van der Waals surface area contributed by atoms with Gasteiger partial charge >= 0.3 is 6.09 Å². The number of hydrogen-bond acceptors (Lipinski definition) is 4. The number of carbonyl (C=O) groups excluding carboxylic acids is 1. The van der Waals surface area contributed by atoms with Gasteiger partial charge in [0, 0.05) is 6.54 Å². The molecule has 0 aromatic heterocycles. The lowest BCUT2D eigenvalue weighted by molar-refractivity contribution is 0.0281. The summed E-state index contributed by atoms with van der Waals surface area (Å²) in [5.41, 5.74) is 6.00. The summed E-state index contributed by atoms with van der Waals surface area (Å²) in [6.45, 7) is 10.2. The Morgan fingerprint density at radius 3 is 2.61 bits per heavy atom. The van der Waals surface area contributed by atoms with E-state index in [2.05, 4.69) is 17.4 Å². The summed E-state index contributed by atoms with van der Waals surface area (Å²) >= 11 is 0. The molecule has 1 aromatic rings. The molecular formula is C18H28N2O3. The van der Waals surface area contributed by atoms with Crippen LogP contribution >= 0.6 is 0 Å². The molecule has 0 fully saturated rings. The Morgan fingerprint density at radius 2 is 2.00 bits per heavy atom. The second-order valence-electron chi connectivity index (χ2n) is 6.29. The molecule has 5 heteroatoms. The zero-order chi connectivity index (χ0) is 17.1. The van der Waals surface area contributed by atoms with Gasteiger partial charge in [-0.3, -0.25) is 5.43 Å². The Balaban J connectivity index is 2.36. The van der Waals surface area contributed by atoms with Crippen LogP contribution in [0.3, 0.4) is 0 Å². The highest BCUT2D eigenvalue weighted by Crippen LogP contribution is 2.08. The fraction of sp³-hybridized carbons (Fsp3) is 0.500. The molecular weight excluding hydrogens is 292 g/mol. The second kappa shape index (κ2) is 10.0. The van der Waals surface area contributed by atoms with Gasteiger partial charge in [-0.2, -0.15) is 0 Å². The molecule has 0 spiro atoms. The van der Waals surface area contributed by atoms with Gasteiger partial charge in [0.05, 0.1) is 12.7 Å². The number of nitrogens with one attached hydrogen (secondary N) is 2. The lowest BCUT2D eigenvalue weighted by atomic mass is 10.2. The number of rotatable bonds is 9. The summed E-state index contributed by atoms with van der Waals surface area (Å²) in [6.07, 6.45) is 3.03. The fourth-order valence-electron chi connectivity index (χ4n) is 1.88. The Morgan fingerprint density at radius 1 is 1.30 bits per heavy atom. The maximum atomic E-state index is 11.6. The first-order chi connectivity index (χ1) is 10.9. The average Bonchev–Trinajstić information content (AvgIpc) is 2.48. The SMILES string of the molecule is C=CCCC(CNNC(=O)OC(C)(C)C)OCc1ccccc1. The molecule has 0 aliphatic rings. The van der Waals surface area contributed by atoms with Gasteiger partial charge in [-0.1, -0.05) is 36.4 Å². The standard InChI is InChI=1S/C18H28N2O3/c1-5-6-12-16(22-14-15-10-8-7-9-11-15)13-19-20-17(21)23-18(2,3)4/h5,7-11,16,19H,1,6,12-14H2,2-4H3,(H,20,21). The van der Waals surface area contributed by atoms with Crippen LogP contribution in [0.25, 0.3) is 0 Å². The van der Waals surface area contributed by atoms with E-state index in [0.29, 0.717) is 13.2 Å². The minimum absolute atomic E-state index is 0.0249. The van der Waals surface area contributed by atoms with Gasteiger partial charge in [-0.05, 0) is 39.2 Å². The monoisotopic (exact) mass is 320 g/mol. The highest BCUT2D eigenvalue weighted by atomic mass is 16.6. The molecule has 1 aromatic carbocycles. The number of hydrazine groups is 1. The van der Waals surface area contributed by atoms with Gasteiger partial charge in [0.15, 0.2) is 0 Å². The highest BCUT2D eigenvalue weighted by molar-refractivity contribution is 5.66. The minimum Gasteiger partial charge on any atom is -0.443 e. The van der Waals surface area contributed by atoms with E-state index in [9.17, 15) is 4.79 Å². The number of ether oxygens (including phenoxy) is 2. The van der Waals surface area contributed by atoms with Crippen LogP contribution in [0.15, 0.2) is 43.0 Å².